The molecular formula is C12H24N2O. The van der Waals surface area contributed by atoms with E-state index in [-0.39, 0.29) is 11.9 Å². The Balaban J connectivity index is 2.31. The second-order valence-corrected chi connectivity index (χ2v) is 4.93. The molecule has 1 fully saturated rings. The minimum absolute atomic E-state index is 0.0713. The molecule has 0 radical (unpaired) electrons. The smallest absolute Gasteiger partial charge is 0.237 e. The van der Waals surface area contributed by atoms with Gasteiger partial charge in [0.25, 0.3) is 0 Å². The van der Waals surface area contributed by atoms with Crippen LogP contribution in [0.25, 0.3) is 0 Å². The SMILES string of the molecule is CCC(NC(C)C(=O)NC1CC1)C(C)C. The first-order valence-electron chi connectivity index (χ1n) is 6.11. The van der Waals surface area contributed by atoms with Gasteiger partial charge in [-0.2, -0.15) is 0 Å². The van der Waals surface area contributed by atoms with Crippen molar-refractivity contribution in [3.63, 3.8) is 0 Å². The zero-order chi connectivity index (χ0) is 11.4. The standard InChI is InChI=1S/C12H24N2O/c1-5-11(8(2)3)13-9(4)12(15)14-10-6-7-10/h8-11,13H,5-7H2,1-4H3,(H,14,15). The highest BCUT2D eigenvalue weighted by molar-refractivity contribution is 5.81. The number of amides is 1. The highest BCUT2D eigenvalue weighted by atomic mass is 16.2. The predicted molar refractivity (Wildman–Crippen MR) is 62.7 cm³/mol. The van der Waals surface area contributed by atoms with Crippen LogP contribution in [0.2, 0.25) is 0 Å². The van der Waals surface area contributed by atoms with E-state index < -0.39 is 0 Å². The maximum Gasteiger partial charge on any atom is 0.237 e. The predicted octanol–water partition coefficient (Wildman–Crippen LogP) is 1.68. The third kappa shape index (κ3) is 4.20. The fraction of sp³-hybridized carbons (Fsp3) is 0.917. The molecule has 2 N–H and O–H groups in total. The molecule has 0 aromatic carbocycles. The fourth-order valence-corrected chi connectivity index (χ4v) is 1.73. The van der Waals surface area contributed by atoms with Crippen LogP contribution in [0.4, 0.5) is 0 Å². The molecule has 1 saturated carbocycles. The lowest BCUT2D eigenvalue weighted by atomic mass is 10.0. The first kappa shape index (κ1) is 12.5. The summed E-state index contributed by atoms with van der Waals surface area (Å²) in [6.07, 6.45) is 3.37. The first-order valence-corrected chi connectivity index (χ1v) is 6.11. The molecule has 3 nitrogen and oxygen atoms in total. The van der Waals surface area contributed by atoms with E-state index in [1.54, 1.807) is 0 Å². The summed E-state index contributed by atoms with van der Waals surface area (Å²) in [6, 6.07) is 0.823. The van der Waals surface area contributed by atoms with Crippen molar-refractivity contribution >= 4 is 5.91 Å². The van der Waals surface area contributed by atoms with E-state index >= 15 is 0 Å². The van der Waals surface area contributed by atoms with Crippen LogP contribution in [0.3, 0.4) is 0 Å². The lowest BCUT2D eigenvalue weighted by Crippen LogP contribution is -2.48. The van der Waals surface area contributed by atoms with Gasteiger partial charge in [0.1, 0.15) is 0 Å². The van der Waals surface area contributed by atoms with Gasteiger partial charge in [0.05, 0.1) is 6.04 Å². The van der Waals surface area contributed by atoms with Gasteiger partial charge in [-0.3, -0.25) is 4.79 Å². The number of carbonyl (C=O) groups is 1. The summed E-state index contributed by atoms with van der Waals surface area (Å²) < 4.78 is 0. The van der Waals surface area contributed by atoms with Crippen LogP contribution in [0.1, 0.15) is 47.0 Å². The van der Waals surface area contributed by atoms with Crippen molar-refractivity contribution in [1.82, 2.24) is 10.6 Å². The molecule has 3 heteroatoms. The zero-order valence-corrected chi connectivity index (χ0v) is 10.3. The zero-order valence-electron chi connectivity index (χ0n) is 10.3. The normalized spacial score (nSPS) is 20.1. The fourth-order valence-electron chi connectivity index (χ4n) is 1.73. The molecule has 1 rings (SSSR count). The van der Waals surface area contributed by atoms with Crippen LogP contribution in [0.5, 0.6) is 0 Å². The molecule has 0 spiro atoms. The van der Waals surface area contributed by atoms with Gasteiger partial charge in [-0.05, 0) is 32.1 Å². The average molecular weight is 212 g/mol. The molecular weight excluding hydrogens is 188 g/mol. The summed E-state index contributed by atoms with van der Waals surface area (Å²) in [5.41, 5.74) is 0. The molecule has 0 bridgehead atoms. The van der Waals surface area contributed by atoms with Gasteiger partial charge in [-0.1, -0.05) is 20.8 Å². The van der Waals surface area contributed by atoms with Crippen LogP contribution in [0, 0.1) is 5.92 Å². The summed E-state index contributed by atoms with van der Waals surface area (Å²) in [4.78, 5) is 11.7. The van der Waals surface area contributed by atoms with Gasteiger partial charge >= 0.3 is 0 Å². The summed E-state index contributed by atoms with van der Waals surface area (Å²) in [7, 11) is 0. The maximum atomic E-state index is 11.7. The lowest BCUT2D eigenvalue weighted by Gasteiger charge is -2.24. The number of hydrogen-bond acceptors (Lipinski definition) is 2. The third-order valence-electron chi connectivity index (χ3n) is 3.03. The van der Waals surface area contributed by atoms with Crippen LogP contribution in [-0.4, -0.2) is 24.0 Å². The summed E-state index contributed by atoms with van der Waals surface area (Å²) in [6.45, 7) is 8.48. The van der Waals surface area contributed by atoms with E-state index in [1.165, 1.54) is 0 Å². The Morgan fingerprint density at radius 3 is 2.33 bits per heavy atom. The Morgan fingerprint density at radius 1 is 1.33 bits per heavy atom. The molecule has 0 heterocycles. The number of nitrogens with one attached hydrogen (secondary N) is 2. The van der Waals surface area contributed by atoms with Crippen molar-refractivity contribution in [1.29, 1.82) is 0 Å². The van der Waals surface area contributed by atoms with Crippen molar-refractivity contribution in [2.45, 2.75) is 65.1 Å². The minimum atomic E-state index is -0.0713. The molecule has 88 valence electrons. The highest BCUT2D eigenvalue weighted by Crippen LogP contribution is 2.18. The number of carbonyl (C=O) groups excluding carboxylic acids is 1. The van der Waals surface area contributed by atoms with Crippen molar-refractivity contribution in [3.05, 3.63) is 0 Å². The van der Waals surface area contributed by atoms with Gasteiger partial charge in [-0.25, -0.2) is 0 Å². The van der Waals surface area contributed by atoms with E-state index in [0.717, 1.165) is 19.3 Å². The Bertz CT molecular complexity index is 212. The Labute approximate surface area is 93.0 Å². The van der Waals surface area contributed by atoms with Crippen molar-refractivity contribution in [2.75, 3.05) is 0 Å². The van der Waals surface area contributed by atoms with Crippen LogP contribution in [0.15, 0.2) is 0 Å². The van der Waals surface area contributed by atoms with Gasteiger partial charge in [0.2, 0.25) is 5.91 Å². The van der Waals surface area contributed by atoms with E-state index in [4.69, 9.17) is 0 Å². The Kier molecular flexibility index (Phi) is 4.58. The van der Waals surface area contributed by atoms with Gasteiger partial charge < -0.3 is 10.6 Å². The molecule has 15 heavy (non-hydrogen) atoms. The molecule has 2 atom stereocenters. The topological polar surface area (TPSA) is 41.1 Å². The largest absolute Gasteiger partial charge is 0.352 e. The molecule has 0 saturated heterocycles. The molecule has 0 aromatic rings. The lowest BCUT2D eigenvalue weighted by molar-refractivity contribution is -0.123. The summed E-state index contributed by atoms with van der Waals surface area (Å²) in [5.74, 6) is 0.725. The van der Waals surface area contributed by atoms with E-state index in [1.807, 2.05) is 6.92 Å². The highest BCUT2D eigenvalue weighted by Gasteiger charge is 2.26. The summed E-state index contributed by atoms with van der Waals surface area (Å²) in [5, 5.41) is 6.41. The second kappa shape index (κ2) is 5.50. The first-order chi connectivity index (χ1) is 7.04. The van der Waals surface area contributed by atoms with Crippen molar-refractivity contribution < 1.29 is 4.79 Å². The van der Waals surface area contributed by atoms with E-state index in [9.17, 15) is 4.79 Å². The molecule has 2 unspecified atom stereocenters. The van der Waals surface area contributed by atoms with Crippen molar-refractivity contribution in [3.8, 4) is 0 Å². The van der Waals surface area contributed by atoms with Gasteiger partial charge in [0, 0.05) is 12.1 Å². The quantitative estimate of drug-likeness (QED) is 0.703. The molecule has 1 amide bonds. The number of rotatable bonds is 6. The Hall–Kier alpha value is -0.570. The van der Waals surface area contributed by atoms with E-state index in [0.29, 0.717) is 18.0 Å². The molecule has 0 aliphatic heterocycles. The van der Waals surface area contributed by atoms with Crippen molar-refractivity contribution in [2.24, 2.45) is 5.92 Å². The van der Waals surface area contributed by atoms with Gasteiger partial charge in [0.15, 0.2) is 0 Å². The van der Waals surface area contributed by atoms with Gasteiger partial charge in [-0.15, -0.1) is 0 Å². The average Bonchev–Trinajstić information content (AvgIpc) is 2.96. The Morgan fingerprint density at radius 2 is 1.93 bits per heavy atom. The summed E-state index contributed by atoms with van der Waals surface area (Å²) >= 11 is 0. The monoisotopic (exact) mass is 212 g/mol. The number of hydrogen-bond donors (Lipinski definition) is 2. The van der Waals surface area contributed by atoms with Crippen LogP contribution in [-0.2, 0) is 4.79 Å². The maximum absolute atomic E-state index is 11.7. The van der Waals surface area contributed by atoms with Crippen LogP contribution < -0.4 is 10.6 Å². The minimum Gasteiger partial charge on any atom is -0.352 e. The second-order valence-electron chi connectivity index (χ2n) is 4.93. The van der Waals surface area contributed by atoms with E-state index in [2.05, 4.69) is 31.4 Å². The third-order valence-corrected chi connectivity index (χ3v) is 3.03. The molecule has 1 aliphatic rings. The molecule has 0 aromatic heterocycles. The van der Waals surface area contributed by atoms with Crippen LogP contribution >= 0.6 is 0 Å². The molecule has 1 aliphatic carbocycles.